The Hall–Kier alpha value is -2.67. The van der Waals surface area contributed by atoms with Gasteiger partial charge in [0.05, 0.1) is 0 Å². The highest BCUT2D eigenvalue weighted by molar-refractivity contribution is 6.03. The number of hydrogen-bond donors (Lipinski definition) is 1. The van der Waals surface area contributed by atoms with E-state index in [9.17, 15) is 4.79 Å². The molecule has 3 rings (SSSR count). The van der Waals surface area contributed by atoms with Crippen LogP contribution in [0.4, 0.5) is 17.3 Å². The summed E-state index contributed by atoms with van der Waals surface area (Å²) < 4.78 is 0. The minimum absolute atomic E-state index is 0.224. The molecular weight excluding hydrogens is 328 g/mol. The number of carbonyl (C=O) groups excluding carboxylic acids is 1. The summed E-state index contributed by atoms with van der Waals surface area (Å²) in [7, 11) is 3.96. The lowest BCUT2D eigenvalue weighted by atomic mass is 10.2. The maximum Gasteiger partial charge on any atom is 0.274 e. The van der Waals surface area contributed by atoms with Crippen LogP contribution in [0.5, 0.6) is 0 Å². The third-order valence-electron chi connectivity index (χ3n) is 4.62. The van der Waals surface area contributed by atoms with Gasteiger partial charge in [-0.1, -0.05) is 6.92 Å². The van der Waals surface area contributed by atoms with Crippen LogP contribution >= 0.6 is 0 Å². The van der Waals surface area contributed by atoms with Gasteiger partial charge in [0, 0.05) is 57.8 Å². The first kappa shape index (κ1) is 18.1. The monoisotopic (exact) mass is 354 g/mol. The molecular formula is C19H26N6O. The zero-order valence-corrected chi connectivity index (χ0v) is 15.6. The second-order valence-corrected chi connectivity index (χ2v) is 6.56. The first-order chi connectivity index (χ1) is 12.6. The molecule has 0 bridgehead atoms. The molecule has 1 aromatic heterocycles. The smallest absolute Gasteiger partial charge is 0.274 e. The summed E-state index contributed by atoms with van der Waals surface area (Å²) in [5.41, 5.74) is 2.21. The van der Waals surface area contributed by atoms with Gasteiger partial charge in [-0.2, -0.15) is 0 Å². The Morgan fingerprint density at radius 3 is 2.42 bits per heavy atom. The number of aromatic nitrogens is 2. The Morgan fingerprint density at radius 1 is 1.12 bits per heavy atom. The van der Waals surface area contributed by atoms with E-state index in [1.165, 1.54) is 0 Å². The normalized spacial score (nSPS) is 15.0. The number of carbonyl (C=O) groups is 1. The van der Waals surface area contributed by atoms with Crippen molar-refractivity contribution in [2.45, 2.75) is 6.92 Å². The van der Waals surface area contributed by atoms with E-state index in [4.69, 9.17) is 0 Å². The molecule has 0 aliphatic carbocycles. The van der Waals surface area contributed by atoms with Gasteiger partial charge in [-0.15, -0.1) is 0 Å². The van der Waals surface area contributed by atoms with Crippen LogP contribution in [0.1, 0.15) is 17.4 Å². The molecule has 0 saturated carbocycles. The van der Waals surface area contributed by atoms with Gasteiger partial charge in [-0.3, -0.25) is 4.79 Å². The summed E-state index contributed by atoms with van der Waals surface area (Å²) in [6.07, 6.45) is 1.65. The van der Waals surface area contributed by atoms with E-state index in [0.29, 0.717) is 11.6 Å². The predicted octanol–water partition coefficient (Wildman–Crippen LogP) is 1.94. The Balaban J connectivity index is 1.66. The highest BCUT2D eigenvalue weighted by Crippen LogP contribution is 2.17. The molecule has 0 unspecified atom stereocenters. The van der Waals surface area contributed by atoms with Crippen molar-refractivity contribution in [2.75, 3.05) is 61.9 Å². The highest BCUT2D eigenvalue weighted by atomic mass is 16.1. The summed E-state index contributed by atoms with van der Waals surface area (Å²) >= 11 is 0. The van der Waals surface area contributed by atoms with Crippen LogP contribution in [0.3, 0.4) is 0 Å². The van der Waals surface area contributed by atoms with E-state index in [1.54, 1.807) is 12.3 Å². The fourth-order valence-electron chi connectivity index (χ4n) is 2.93. The van der Waals surface area contributed by atoms with Crippen molar-refractivity contribution in [1.29, 1.82) is 0 Å². The van der Waals surface area contributed by atoms with Gasteiger partial charge >= 0.3 is 0 Å². The van der Waals surface area contributed by atoms with Crippen molar-refractivity contribution in [3.63, 3.8) is 0 Å². The van der Waals surface area contributed by atoms with Gasteiger partial charge in [0.2, 0.25) is 5.95 Å². The zero-order valence-electron chi connectivity index (χ0n) is 15.6. The second kappa shape index (κ2) is 8.14. The molecule has 1 aliphatic heterocycles. The molecule has 0 spiro atoms. The van der Waals surface area contributed by atoms with Crippen LogP contribution in [-0.2, 0) is 0 Å². The van der Waals surface area contributed by atoms with Crippen molar-refractivity contribution >= 4 is 23.2 Å². The summed E-state index contributed by atoms with van der Waals surface area (Å²) in [6.45, 7) is 6.98. The van der Waals surface area contributed by atoms with Gasteiger partial charge in [0.15, 0.2) is 0 Å². The minimum atomic E-state index is -0.224. The van der Waals surface area contributed by atoms with Gasteiger partial charge in [0.25, 0.3) is 5.91 Å². The number of nitrogens with zero attached hydrogens (tertiary/aromatic N) is 5. The number of rotatable bonds is 5. The lowest BCUT2D eigenvalue weighted by molar-refractivity contribution is 0.102. The first-order valence-electron chi connectivity index (χ1n) is 8.96. The number of anilines is 3. The summed E-state index contributed by atoms with van der Waals surface area (Å²) in [5.74, 6) is 0.398. The molecule has 2 aromatic rings. The highest BCUT2D eigenvalue weighted by Gasteiger charge is 2.19. The molecule has 1 aliphatic rings. The van der Waals surface area contributed by atoms with E-state index < -0.39 is 0 Å². The number of amides is 1. The summed E-state index contributed by atoms with van der Waals surface area (Å²) in [6, 6.07) is 9.36. The Morgan fingerprint density at radius 2 is 1.81 bits per heavy atom. The molecule has 7 nitrogen and oxygen atoms in total. The zero-order chi connectivity index (χ0) is 18.5. The molecule has 1 aromatic carbocycles. The predicted molar refractivity (Wildman–Crippen MR) is 105 cm³/mol. The second-order valence-electron chi connectivity index (χ2n) is 6.56. The van der Waals surface area contributed by atoms with Crippen molar-refractivity contribution in [3.8, 4) is 0 Å². The van der Waals surface area contributed by atoms with E-state index in [2.05, 4.69) is 32.0 Å². The average molecular weight is 354 g/mol. The van der Waals surface area contributed by atoms with Gasteiger partial charge in [-0.05, 0) is 36.9 Å². The van der Waals surface area contributed by atoms with Crippen LogP contribution in [0, 0.1) is 0 Å². The number of nitrogens with one attached hydrogen (secondary N) is 1. The molecule has 0 atom stereocenters. The maximum absolute atomic E-state index is 12.5. The fraction of sp³-hybridized carbons (Fsp3) is 0.421. The van der Waals surface area contributed by atoms with Crippen molar-refractivity contribution in [2.24, 2.45) is 0 Å². The lowest BCUT2D eigenvalue weighted by Gasteiger charge is -2.34. The largest absolute Gasteiger partial charge is 0.378 e. The molecule has 1 N–H and O–H groups in total. The third kappa shape index (κ3) is 4.29. The third-order valence-corrected chi connectivity index (χ3v) is 4.62. The molecule has 1 fully saturated rings. The molecule has 138 valence electrons. The molecule has 1 saturated heterocycles. The lowest BCUT2D eigenvalue weighted by Crippen LogP contribution is -2.46. The number of hydrogen-bond acceptors (Lipinski definition) is 6. The van der Waals surface area contributed by atoms with Crippen molar-refractivity contribution in [3.05, 3.63) is 42.2 Å². The first-order valence-corrected chi connectivity index (χ1v) is 8.96. The average Bonchev–Trinajstić information content (AvgIpc) is 2.68. The van der Waals surface area contributed by atoms with Crippen molar-refractivity contribution < 1.29 is 4.79 Å². The maximum atomic E-state index is 12.5. The van der Waals surface area contributed by atoms with E-state index in [-0.39, 0.29) is 5.91 Å². The standard InChI is InChI=1S/C19H26N6O/c1-4-24-11-13-25(14-12-24)19-20-10-9-17(22-19)18(26)21-15-5-7-16(8-6-15)23(2)3/h5-10H,4,11-14H2,1-3H3,(H,21,26). The summed E-state index contributed by atoms with van der Waals surface area (Å²) in [4.78, 5) is 27.9. The Kier molecular flexibility index (Phi) is 5.68. The van der Waals surface area contributed by atoms with E-state index >= 15 is 0 Å². The Labute approximate surface area is 154 Å². The van der Waals surface area contributed by atoms with Crippen LogP contribution in [0.25, 0.3) is 0 Å². The molecule has 2 heterocycles. The minimum Gasteiger partial charge on any atom is -0.378 e. The quantitative estimate of drug-likeness (QED) is 0.885. The van der Waals surface area contributed by atoms with Gasteiger partial charge < -0.3 is 20.0 Å². The Bertz CT molecular complexity index is 738. The molecule has 0 radical (unpaired) electrons. The number of piperazine rings is 1. The van der Waals surface area contributed by atoms with Crippen LogP contribution in [0.2, 0.25) is 0 Å². The van der Waals surface area contributed by atoms with Crippen LogP contribution in [-0.4, -0.2) is 67.6 Å². The molecule has 26 heavy (non-hydrogen) atoms. The van der Waals surface area contributed by atoms with Crippen molar-refractivity contribution in [1.82, 2.24) is 14.9 Å². The van der Waals surface area contributed by atoms with E-state index in [0.717, 1.165) is 44.1 Å². The number of benzene rings is 1. The van der Waals surface area contributed by atoms with Gasteiger partial charge in [0.1, 0.15) is 5.69 Å². The van der Waals surface area contributed by atoms with Crippen LogP contribution in [0.15, 0.2) is 36.5 Å². The van der Waals surface area contributed by atoms with Gasteiger partial charge in [-0.25, -0.2) is 9.97 Å². The van der Waals surface area contributed by atoms with E-state index in [1.807, 2.05) is 43.3 Å². The number of likely N-dealkylation sites (N-methyl/N-ethyl adjacent to an activating group) is 1. The topological polar surface area (TPSA) is 64.6 Å². The fourth-order valence-corrected chi connectivity index (χ4v) is 2.93. The molecule has 1 amide bonds. The SMILES string of the molecule is CCN1CCN(c2nccc(C(=O)Nc3ccc(N(C)C)cc3)n2)CC1. The molecule has 7 heteroatoms. The van der Waals surface area contributed by atoms with Crippen LogP contribution < -0.4 is 15.1 Å². The summed E-state index contributed by atoms with van der Waals surface area (Å²) in [5, 5.41) is 2.90.